The van der Waals surface area contributed by atoms with Gasteiger partial charge in [0.05, 0.1) is 7.11 Å². The van der Waals surface area contributed by atoms with Crippen LogP contribution in [-0.2, 0) is 6.54 Å². The molecular formula is C21H34N2O. The number of piperidine rings is 2. The summed E-state index contributed by atoms with van der Waals surface area (Å²) in [6.45, 7) is 9.62. The van der Waals surface area contributed by atoms with Gasteiger partial charge in [0, 0.05) is 12.6 Å². The highest BCUT2D eigenvalue weighted by molar-refractivity contribution is 5.27. The molecule has 1 aromatic rings. The highest BCUT2D eigenvalue weighted by Crippen LogP contribution is 2.40. The van der Waals surface area contributed by atoms with Crippen LogP contribution in [0.2, 0.25) is 0 Å². The number of likely N-dealkylation sites (tertiary alicyclic amines) is 1. The summed E-state index contributed by atoms with van der Waals surface area (Å²) in [4.78, 5) is 2.70. The second kappa shape index (κ2) is 8.35. The fourth-order valence-electron chi connectivity index (χ4n) is 5.05. The van der Waals surface area contributed by atoms with Crippen LogP contribution in [0.4, 0.5) is 0 Å². The van der Waals surface area contributed by atoms with Gasteiger partial charge in [-0.25, -0.2) is 0 Å². The Morgan fingerprint density at radius 1 is 1.12 bits per heavy atom. The number of ether oxygens (including phenoxy) is 1. The summed E-state index contributed by atoms with van der Waals surface area (Å²) in [5.74, 6) is 3.67. The van der Waals surface area contributed by atoms with E-state index in [4.69, 9.17) is 4.74 Å². The molecule has 0 aliphatic carbocycles. The molecule has 3 heteroatoms. The maximum atomic E-state index is 5.28. The molecule has 3 rings (SSSR count). The van der Waals surface area contributed by atoms with Crippen LogP contribution in [0.1, 0.15) is 45.1 Å². The van der Waals surface area contributed by atoms with Crippen molar-refractivity contribution in [3.05, 3.63) is 29.8 Å². The topological polar surface area (TPSA) is 24.5 Å². The fourth-order valence-corrected chi connectivity index (χ4v) is 5.05. The highest BCUT2D eigenvalue weighted by atomic mass is 16.5. The monoisotopic (exact) mass is 330 g/mol. The van der Waals surface area contributed by atoms with Gasteiger partial charge in [0.2, 0.25) is 0 Å². The molecule has 0 saturated carbocycles. The molecule has 2 fully saturated rings. The first-order chi connectivity index (χ1) is 11.7. The molecule has 3 unspecified atom stereocenters. The molecule has 2 aliphatic rings. The first-order valence-corrected chi connectivity index (χ1v) is 9.80. The Labute approximate surface area is 147 Å². The first kappa shape index (κ1) is 17.8. The van der Waals surface area contributed by atoms with Gasteiger partial charge < -0.3 is 10.1 Å². The van der Waals surface area contributed by atoms with Crippen molar-refractivity contribution in [1.29, 1.82) is 0 Å². The predicted octanol–water partition coefficient (Wildman–Crippen LogP) is 3.93. The van der Waals surface area contributed by atoms with Crippen molar-refractivity contribution in [2.45, 2.75) is 52.1 Å². The summed E-state index contributed by atoms with van der Waals surface area (Å²) in [5.41, 5.74) is 1.40. The van der Waals surface area contributed by atoms with Crippen LogP contribution >= 0.6 is 0 Å². The molecule has 3 nitrogen and oxygen atoms in total. The minimum absolute atomic E-state index is 0.686. The number of methoxy groups -OCH3 is 1. The fraction of sp³-hybridized carbons (Fsp3) is 0.714. The van der Waals surface area contributed by atoms with Crippen LogP contribution < -0.4 is 10.1 Å². The number of hydrogen-bond acceptors (Lipinski definition) is 3. The maximum absolute atomic E-state index is 5.28. The average Bonchev–Trinajstić information content (AvgIpc) is 2.64. The Hall–Kier alpha value is -1.06. The van der Waals surface area contributed by atoms with Gasteiger partial charge in [0.15, 0.2) is 0 Å². The molecule has 134 valence electrons. The minimum Gasteiger partial charge on any atom is -0.497 e. The van der Waals surface area contributed by atoms with E-state index >= 15 is 0 Å². The quantitative estimate of drug-likeness (QED) is 0.885. The standard InChI is InChI=1S/C21H34N2O/c1-4-20-16(2)23(15-17-5-7-19(24-3)8-6-17)14-11-21(20)18-9-12-22-13-10-18/h5-8,16,18,20-22H,4,9-15H2,1-3H3. The summed E-state index contributed by atoms with van der Waals surface area (Å²) in [6.07, 6.45) is 5.46. The second-order valence-electron chi connectivity index (χ2n) is 7.67. The van der Waals surface area contributed by atoms with Gasteiger partial charge in [-0.2, -0.15) is 0 Å². The first-order valence-electron chi connectivity index (χ1n) is 9.80. The predicted molar refractivity (Wildman–Crippen MR) is 100 cm³/mol. The lowest BCUT2D eigenvalue weighted by molar-refractivity contribution is 0.0161. The molecule has 2 aliphatic heterocycles. The number of rotatable bonds is 5. The van der Waals surface area contributed by atoms with Crippen molar-refractivity contribution in [3.8, 4) is 5.75 Å². The summed E-state index contributed by atoms with van der Waals surface area (Å²) in [5, 5.41) is 3.53. The third kappa shape index (κ3) is 3.94. The second-order valence-corrected chi connectivity index (χ2v) is 7.67. The van der Waals surface area contributed by atoms with Crippen LogP contribution in [0.5, 0.6) is 5.75 Å². The van der Waals surface area contributed by atoms with E-state index in [-0.39, 0.29) is 0 Å². The molecule has 0 bridgehead atoms. The van der Waals surface area contributed by atoms with Gasteiger partial charge >= 0.3 is 0 Å². The van der Waals surface area contributed by atoms with Gasteiger partial charge in [-0.15, -0.1) is 0 Å². The van der Waals surface area contributed by atoms with Crippen molar-refractivity contribution in [3.63, 3.8) is 0 Å². The molecule has 0 spiro atoms. The van der Waals surface area contributed by atoms with E-state index in [0.717, 1.165) is 30.0 Å². The lowest BCUT2D eigenvalue weighted by atomic mass is 9.69. The lowest BCUT2D eigenvalue weighted by Crippen LogP contribution is -2.49. The van der Waals surface area contributed by atoms with Gasteiger partial charge in [0.25, 0.3) is 0 Å². The van der Waals surface area contributed by atoms with Crippen LogP contribution in [0, 0.1) is 17.8 Å². The third-order valence-electron chi connectivity index (χ3n) is 6.50. The molecule has 0 aromatic heterocycles. The normalized spacial score (nSPS) is 29.5. The van der Waals surface area contributed by atoms with Gasteiger partial charge in [-0.3, -0.25) is 4.90 Å². The molecule has 2 saturated heterocycles. The van der Waals surface area contributed by atoms with Crippen molar-refractivity contribution in [1.82, 2.24) is 10.2 Å². The molecule has 24 heavy (non-hydrogen) atoms. The SMILES string of the molecule is CCC1C(C2CCNCC2)CCN(Cc2ccc(OC)cc2)C1C. The Morgan fingerprint density at radius 3 is 2.46 bits per heavy atom. The lowest BCUT2D eigenvalue weighted by Gasteiger charge is -2.47. The number of nitrogens with one attached hydrogen (secondary N) is 1. The Balaban J connectivity index is 1.64. The molecule has 0 radical (unpaired) electrons. The zero-order valence-corrected chi connectivity index (χ0v) is 15.6. The van der Waals surface area contributed by atoms with E-state index in [0.29, 0.717) is 6.04 Å². The molecule has 2 heterocycles. The maximum Gasteiger partial charge on any atom is 0.118 e. The van der Waals surface area contributed by atoms with Crippen LogP contribution in [0.15, 0.2) is 24.3 Å². The van der Waals surface area contributed by atoms with Crippen LogP contribution in [-0.4, -0.2) is 37.7 Å². The van der Waals surface area contributed by atoms with E-state index in [1.165, 1.54) is 50.9 Å². The summed E-state index contributed by atoms with van der Waals surface area (Å²) in [7, 11) is 1.73. The summed E-state index contributed by atoms with van der Waals surface area (Å²) in [6, 6.07) is 9.28. The van der Waals surface area contributed by atoms with Gasteiger partial charge in [-0.05, 0) is 81.3 Å². The van der Waals surface area contributed by atoms with Crippen LogP contribution in [0.3, 0.4) is 0 Å². The Kier molecular flexibility index (Phi) is 6.18. The smallest absolute Gasteiger partial charge is 0.118 e. The number of hydrogen-bond donors (Lipinski definition) is 1. The number of nitrogens with zero attached hydrogens (tertiary/aromatic N) is 1. The van der Waals surface area contributed by atoms with Crippen molar-refractivity contribution < 1.29 is 4.74 Å². The highest BCUT2D eigenvalue weighted by Gasteiger charge is 2.38. The van der Waals surface area contributed by atoms with Crippen molar-refractivity contribution in [2.24, 2.45) is 17.8 Å². The minimum atomic E-state index is 0.686. The van der Waals surface area contributed by atoms with E-state index in [1.54, 1.807) is 7.11 Å². The molecule has 1 N–H and O–H groups in total. The largest absolute Gasteiger partial charge is 0.497 e. The van der Waals surface area contributed by atoms with Gasteiger partial charge in [0.1, 0.15) is 5.75 Å². The van der Waals surface area contributed by atoms with Crippen molar-refractivity contribution in [2.75, 3.05) is 26.7 Å². The average molecular weight is 331 g/mol. The van der Waals surface area contributed by atoms with Crippen molar-refractivity contribution >= 4 is 0 Å². The van der Waals surface area contributed by atoms with Gasteiger partial charge in [-0.1, -0.05) is 25.5 Å². The molecule has 3 atom stereocenters. The zero-order valence-electron chi connectivity index (χ0n) is 15.6. The van der Waals surface area contributed by atoms with Crippen LogP contribution in [0.25, 0.3) is 0 Å². The third-order valence-corrected chi connectivity index (χ3v) is 6.50. The summed E-state index contributed by atoms with van der Waals surface area (Å²) >= 11 is 0. The van der Waals surface area contributed by atoms with E-state index in [1.807, 2.05) is 0 Å². The molecule has 0 amide bonds. The summed E-state index contributed by atoms with van der Waals surface area (Å²) < 4.78 is 5.28. The molecular weight excluding hydrogens is 296 g/mol. The number of benzene rings is 1. The molecule has 1 aromatic carbocycles. The zero-order chi connectivity index (χ0) is 16.9. The van der Waals surface area contributed by atoms with E-state index in [9.17, 15) is 0 Å². The Bertz CT molecular complexity index is 495. The van der Waals surface area contributed by atoms with E-state index < -0.39 is 0 Å². The van der Waals surface area contributed by atoms with E-state index in [2.05, 4.69) is 48.3 Å². The Morgan fingerprint density at radius 2 is 1.83 bits per heavy atom.